The summed E-state index contributed by atoms with van der Waals surface area (Å²) in [7, 11) is 0. The molecule has 1 aromatic rings. The molecule has 3 heteroatoms. The first-order chi connectivity index (χ1) is 8.08. The highest BCUT2D eigenvalue weighted by molar-refractivity contribution is 6.35. The van der Waals surface area contributed by atoms with E-state index in [0.29, 0.717) is 10.0 Å². The van der Waals surface area contributed by atoms with E-state index < -0.39 is 0 Å². The zero-order chi connectivity index (χ0) is 12.8. The van der Waals surface area contributed by atoms with Gasteiger partial charge in [-0.25, -0.2) is 0 Å². The van der Waals surface area contributed by atoms with E-state index in [1.807, 2.05) is 0 Å². The molecule has 0 aromatic heterocycles. The maximum Gasteiger partial charge on any atom is 0.0465 e. The summed E-state index contributed by atoms with van der Waals surface area (Å²) in [6.07, 6.45) is 9.24. The summed E-state index contributed by atoms with van der Waals surface area (Å²) in [5.74, 6) is 2.63. The normalized spacial score (nSPS) is 12.2. The molecule has 0 amide bonds. The molecule has 92 valence electrons. The molecule has 1 aromatic carbocycles. The van der Waals surface area contributed by atoms with Gasteiger partial charge in [-0.15, -0.1) is 18.0 Å². The van der Waals surface area contributed by atoms with Gasteiger partial charge in [-0.1, -0.05) is 36.0 Å². The van der Waals surface area contributed by atoms with Crippen molar-refractivity contribution in [2.75, 3.05) is 0 Å². The van der Waals surface area contributed by atoms with Gasteiger partial charge in [0, 0.05) is 21.0 Å². The smallest absolute Gasteiger partial charge is 0.0465 e. The van der Waals surface area contributed by atoms with Crippen LogP contribution in [0.15, 0.2) is 12.1 Å². The van der Waals surface area contributed by atoms with Crippen molar-refractivity contribution in [1.29, 1.82) is 0 Å². The third-order valence-corrected chi connectivity index (χ3v) is 3.79. The predicted octanol–water partition coefficient (Wildman–Crippen LogP) is 5.31. The number of alkyl halides is 1. The van der Waals surface area contributed by atoms with E-state index in [4.69, 9.17) is 41.2 Å². The fourth-order valence-electron chi connectivity index (χ4n) is 1.69. The average molecular weight is 290 g/mol. The number of terminal acetylenes is 1. The SMILES string of the molecule is C#Cc1cc(Cl)cc(Cl)c1CCCC(Cl)CC. The minimum atomic E-state index is 0.232. The third kappa shape index (κ3) is 4.43. The lowest BCUT2D eigenvalue weighted by Crippen LogP contribution is -1.99. The molecule has 0 N–H and O–H groups in total. The molecule has 1 rings (SSSR count). The standard InChI is InChI=1S/C14H15Cl3/c1-3-10-8-12(16)9-14(17)13(10)7-5-6-11(15)4-2/h1,8-9,11H,4-7H2,2H3. The Bertz CT molecular complexity index is 418. The molecule has 0 saturated heterocycles. The van der Waals surface area contributed by atoms with Gasteiger partial charge >= 0.3 is 0 Å². The summed E-state index contributed by atoms with van der Waals surface area (Å²) in [6.45, 7) is 2.08. The number of rotatable bonds is 5. The van der Waals surface area contributed by atoms with Gasteiger partial charge in [-0.2, -0.15) is 0 Å². The van der Waals surface area contributed by atoms with Gasteiger partial charge < -0.3 is 0 Å². The fourth-order valence-corrected chi connectivity index (χ4v) is 2.43. The van der Waals surface area contributed by atoms with E-state index in [1.165, 1.54) is 0 Å². The van der Waals surface area contributed by atoms with Crippen molar-refractivity contribution in [2.45, 2.75) is 38.0 Å². The molecule has 0 aliphatic heterocycles. The van der Waals surface area contributed by atoms with Crippen LogP contribution in [-0.2, 0) is 6.42 Å². The second-order valence-corrected chi connectivity index (χ2v) is 5.42. The lowest BCUT2D eigenvalue weighted by atomic mass is 10.0. The van der Waals surface area contributed by atoms with E-state index in [2.05, 4.69) is 12.8 Å². The fraction of sp³-hybridized carbons (Fsp3) is 0.429. The summed E-state index contributed by atoms with van der Waals surface area (Å²) >= 11 is 18.1. The zero-order valence-corrected chi connectivity index (χ0v) is 12.0. The first-order valence-corrected chi connectivity index (χ1v) is 6.86. The van der Waals surface area contributed by atoms with E-state index >= 15 is 0 Å². The number of hydrogen-bond acceptors (Lipinski definition) is 0. The maximum atomic E-state index is 6.15. The van der Waals surface area contributed by atoms with Gasteiger partial charge in [0.25, 0.3) is 0 Å². The van der Waals surface area contributed by atoms with Crippen LogP contribution < -0.4 is 0 Å². The van der Waals surface area contributed by atoms with Crippen molar-refractivity contribution < 1.29 is 0 Å². The largest absolute Gasteiger partial charge is 0.123 e. The zero-order valence-electron chi connectivity index (χ0n) is 9.77. The molecule has 0 aliphatic rings. The second-order valence-electron chi connectivity index (χ2n) is 3.96. The second kappa shape index (κ2) is 7.17. The molecular formula is C14H15Cl3. The van der Waals surface area contributed by atoms with Crippen LogP contribution >= 0.6 is 34.8 Å². The lowest BCUT2D eigenvalue weighted by molar-refractivity contribution is 0.674. The Morgan fingerprint density at radius 2 is 2.06 bits per heavy atom. The summed E-state index contributed by atoms with van der Waals surface area (Å²) in [5.41, 5.74) is 1.78. The molecular weight excluding hydrogens is 275 g/mol. The van der Waals surface area contributed by atoms with Gasteiger partial charge in [0.2, 0.25) is 0 Å². The summed E-state index contributed by atoms with van der Waals surface area (Å²) in [5, 5.41) is 1.46. The van der Waals surface area contributed by atoms with Crippen LogP contribution in [0.5, 0.6) is 0 Å². The highest BCUT2D eigenvalue weighted by Gasteiger charge is 2.09. The Hall–Kier alpha value is -0.350. The number of benzene rings is 1. The van der Waals surface area contributed by atoms with E-state index in [-0.39, 0.29) is 5.38 Å². The van der Waals surface area contributed by atoms with E-state index in [1.54, 1.807) is 12.1 Å². The quantitative estimate of drug-likeness (QED) is 0.509. The molecule has 17 heavy (non-hydrogen) atoms. The van der Waals surface area contributed by atoms with Crippen molar-refractivity contribution in [3.05, 3.63) is 33.3 Å². The van der Waals surface area contributed by atoms with Crippen molar-refractivity contribution in [3.63, 3.8) is 0 Å². The molecule has 0 fully saturated rings. The molecule has 0 aliphatic carbocycles. The lowest BCUT2D eigenvalue weighted by Gasteiger charge is -2.10. The Kier molecular flexibility index (Phi) is 6.20. The number of halogens is 3. The van der Waals surface area contributed by atoms with Gasteiger partial charge in [0.05, 0.1) is 0 Å². The minimum Gasteiger partial charge on any atom is -0.123 e. The van der Waals surface area contributed by atoms with E-state index in [9.17, 15) is 0 Å². The van der Waals surface area contributed by atoms with Crippen LogP contribution in [0.25, 0.3) is 0 Å². The summed E-state index contributed by atoms with van der Waals surface area (Å²) in [4.78, 5) is 0. The highest BCUT2D eigenvalue weighted by Crippen LogP contribution is 2.27. The molecule has 0 bridgehead atoms. The molecule has 0 saturated carbocycles. The predicted molar refractivity (Wildman–Crippen MR) is 77.3 cm³/mol. The molecule has 0 nitrogen and oxygen atoms in total. The van der Waals surface area contributed by atoms with Gasteiger partial charge in [0.1, 0.15) is 0 Å². The Morgan fingerprint density at radius 3 is 2.65 bits per heavy atom. The van der Waals surface area contributed by atoms with Gasteiger partial charge in [0.15, 0.2) is 0 Å². The van der Waals surface area contributed by atoms with Crippen molar-refractivity contribution in [2.24, 2.45) is 0 Å². The molecule has 1 unspecified atom stereocenters. The minimum absolute atomic E-state index is 0.232. The van der Waals surface area contributed by atoms with Crippen LogP contribution in [-0.4, -0.2) is 5.38 Å². The van der Waals surface area contributed by atoms with Crippen LogP contribution in [0.4, 0.5) is 0 Å². The first kappa shape index (κ1) is 14.7. The van der Waals surface area contributed by atoms with Crippen molar-refractivity contribution in [3.8, 4) is 12.3 Å². The summed E-state index contributed by atoms with van der Waals surface area (Å²) in [6, 6.07) is 3.51. The molecule has 0 radical (unpaired) electrons. The Balaban J connectivity index is 2.74. The van der Waals surface area contributed by atoms with Crippen LogP contribution in [0.1, 0.15) is 37.3 Å². The van der Waals surface area contributed by atoms with Crippen molar-refractivity contribution >= 4 is 34.8 Å². The summed E-state index contributed by atoms with van der Waals surface area (Å²) < 4.78 is 0. The number of hydrogen-bond donors (Lipinski definition) is 0. The highest BCUT2D eigenvalue weighted by atomic mass is 35.5. The van der Waals surface area contributed by atoms with Crippen LogP contribution in [0.2, 0.25) is 10.0 Å². The molecule has 1 atom stereocenters. The Morgan fingerprint density at radius 1 is 1.35 bits per heavy atom. The first-order valence-electron chi connectivity index (χ1n) is 5.67. The van der Waals surface area contributed by atoms with Crippen molar-refractivity contribution in [1.82, 2.24) is 0 Å². The van der Waals surface area contributed by atoms with Crippen LogP contribution in [0, 0.1) is 12.3 Å². The molecule has 0 heterocycles. The maximum absolute atomic E-state index is 6.15. The monoisotopic (exact) mass is 288 g/mol. The third-order valence-electron chi connectivity index (χ3n) is 2.70. The van der Waals surface area contributed by atoms with E-state index in [0.717, 1.165) is 36.8 Å². The average Bonchev–Trinajstić information content (AvgIpc) is 2.30. The Labute approximate surface area is 118 Å². The van der Waals surface area contributed by atoms with Crippen LogP contribution in [0.3, 0.4) is 0 Å². The van der Waals surface area contributed by atoms with Gasteiger partial charge in [-0.05, 0) is 43.4 Å². The van der Waals surface area contributed by atoms with Gasteiger partial charge in [-0.3, -0.25) is 0 Å². The topological polar surface area (TPSA) is 0 Å². The molecule has 0 spiro atoms.